The minimum atomic E-state index is -0.429. The molecule has 0 amide bonds. The fourth-order valence-corrected chi connectivity index (χ4v) is 2.48. The third kappa shape index (κ3) is 7.42. The lowest BCUT2D eigenvalue weighted by molar-refractivity contribution is 1.23. The molecular formula is C4H8I2Si. The molecule has 0 saturated carbocycles. The van der Waals surface area contributed by atoms with Gasteiger partial charge in [-0.25, -0.2) is 0 Å². The van der Waals surface area contributed by atoms with Crippen molar-refractivity contribution >= 4 is 47.4 Å². The first-order valence-corrected chi connectivity index (χ1v) is 11.2. The van der Waals surface area contributed by atoms with E-state index >= 15 is 0 Å². The molecule has 42 valence electrons. The van der Waals surface area contributed by atoms with Crippen LogP contribution in [0.4, 0.5) is 0 Å². The molecule has 0 aromatic rings. The average Bonchev–Trinajstić information content (AvgIpc) is 1.61. The summed E-state index contributed by atoms with van der Waals surface area (Å²) in [6, 6.07) is 0. The predicted molar refractivity (Wildman–Crippen MR) is 54.6 cm³/mol. The molecule has 3 heteroatoms. The highest BCUT2D eigenvalue weighted by Crippen LogP contribution is 2.04. The Morgan fingerprint density at radius 2 is 2.14 bits per heavy atom. The van der Waals surface area contributed by atoms with Crippen LogP contribution in [0.15, 0.2) is 11.8 Å². The molecule has 0 fully saturated rings. The van der Waals surface area contributed by atoms with Crippen LogP contribution in [-0.2, 0) is 0 Å². The lowest BCUT2D eigenvalue weighted by atomic mass is 10.5. The maximum Gasteiger partial charge on any atom is 0.199 e. The molecule has 0 unspecified atom stereocenters. The van der Waals surface area contributed by atoms with Crippen LogP contribution in [0.2, 0.25) is 0 Å². The largest absolute Gasteiger partial charge is 0.199 e. The minimum absolute atomic E-state index is 0.429. The van der Waals surface area contributed by atoms with Crippen LogP contribution in [-0.4, -0.2) is 3.79 Å². The summed E-state index contributed by atoms with van der Waals surface area (Å²) in [5, 5.41) is 0. The number of rotatable bonds is 2. The van der Waals surface area contributed by atoms with E-state index in [0.717, 1.165) is 0 Å². The van der Waals surface area contributed by atoms with Crippen molar-refractivity contribution in [2.75, 3.05) is 0 Å². The third-order valence-corrected chi connectivity index (χ3v) is 3.57. The highest BCUT2D eigenvalue weighted by atomic mass is 127. The summed E-state index contributed by atoms with van der Waals surface area (Å²) in [6.45, 7) is 2.17. The van der Waals surface area contributed by atoms with Crippen molar-refractivity contribution in [3.8, 4) is 0 Å². The Hall–Kier alpha value is 1.42. The second-order valence-electron chi connectivity index (χ2n) is 1.17. The maximum absolute atomic E-state index is 2.50. The van der Waals surface area contributed by atoms with Crippen molar-refractivity contribution in [1.82, 2.24) is 0 Å². The van der Waals surface area contributed by atoms with E-state index in [0.29, 0.717) is 0 Å². The highest BCUT2D eigenvalue weighted by molar-refractivity contribution is 14.3. The molecule has 0 aromatic heterocycles. The summed E-state index contributed by atoms with van der Waals surface area (Å²) >= 11 is 5.01. The topological polar surface area (TPSA) is 0 Å². The Morgan fingerprint density at radius 1 is 1.57 bits per heavy atom. The van der Waals surface area contributed by atoms with Gasteiger partial charge < -0.3 is 0 Å². The zero-order chi connectivity index (χ0) is 5.70. The smallest absolute Gasteiger partial charge is 0.104 e. The van der Waals surface area contributed by atoms with E-state index in [9.17, 15) is 0 Å². The number of allylic oxidation sites excluding steroid dienone is 1. The van der Waals surface area contributed by atoms with Crippen molar-refractivity contribution in [2.24, 2.45) is 0 Å². The molecule has 0 atom stereocenters. The van der Waals surface area contributed by atoms with Gasteiger partial charge in [-0.1, -0.05) is 18.7 Å². The molecule has 0 aromatic carbocycles. The van der Waals surface area contributed by atoms with Gasteiger partial charge in [-0.2, -0.15) is 0 Å². The van der Waals surface area contributed by atoms with Crippen molar-refractivity contribution in [2.45, 2.75) is 13.3 Å². The van der Waals surface area contributed by atoms with E-state index in [1.165, 1.54) is 6.42 Å². The first-order valence-electron chi connectivity index (χ1n) is 2.22. The number of hydrogen-bond donors (Lipinski definition) is 0. The van der Waals surface area contributed by atoms with Gasteiger partial charge in [-0.05, 0) is 6.42 Å². The van der Waals surface area contributed by atoms with Crippen LogP contribution in [0.5, 0.6) is 0 Å². The van der Waals surface area contributed by atoms with E-state index in [2.05, 4.69) is 62.3 Å². The Morgan fingerprint density at radius 3 is 2.29 bits per heavy atom. The fraction of sp³-hybridized carbons (Fsp3) is 0.500. The second-order valence-corrected chi connectivity index (χ2v) is 17.4. The van der Waals surface area contributed by atoms with Crippen molar-refractivity contribution in [3.63, 3.8) is 0 Å². The van der Waals surface area contributed by atoms with E-state index in [1.807, 2.05) is 0 Å². The molecule has 0 aliphatic carbocycles. The van der Waals surface area contributed by atoms with Crippen LogP contribution >= 0.6 is 43.6 Å². The maximum atomic E-state index is 2.50. The summed E-state index contributed by atoms with van der Waals surface area (Å²) in [7, 11) is 0. The van der Waals surface area contributed by atoms with Crippen LogP contribution in [0.3, 0.4) is 0 Å². The van der Waals surface area contributed by atoms with E-state index in [-0.39, 0.29) is 0 Å². The van der Waals surface area contributed by atoms with Gasteiger partial charge in [0, 0.05) is 0 Å². The summed E-state index contributed by atoms with van der Waals surface area (Å²) in [4.78, 5) is 0. The Labute approximate surface area is 71.8 Å². The van der Waals surface area contributed by atoms with E-state index in [4.69, 9.17) is 0 Å². The molecule has 0 bridgehead atoms. The first kappa shape index (κ1) is 8.42. The molecule has 0 aliphatic rings. The Balaban J connectivity index is 3.08. The van der Waals surface area contributed by atoms with Crippen molar-refractivity contribution in [1.29, 1.82) is 0 Å². The second kappa shape index (κ2) is 5.55. The highest BCUT2D eigenvalue weighted by Gasteiger charge is 1.87. The van der Waals surface area contributed by atoms with E-state index < -0.39 is 3.79 Å². The van der Waals surface area contributed by atoms with Gasteiger partial charge in [0.1, 0.15) is 0 Å². The quantitative estimate of drug-likeness (QED) is 0.413. The van der Waals surface area contributed by atoms with Crippen LogP contribution in [0.1, 0.15) is 13.3 Å². The molecular weight excluding hydrogens is 330 g/mol. The average molecular weight is 338 g/mol. The lowest BCUT2D eigenvalue weighted by Crippen LogP contribution is -1.78. The van der Waals surface area contributed by atoms with Gasteiger partial charge in [0.25, 0.3) is 0 Å². The fourth-order valence-electron chi connectivity index (χ4n) is 0.239. The van der Waals surface area contributed by atoms with Gasteiger partial charge in [0.2, 0.25) is 0 Å². The molecule has 0 spiro atoms. The van der Waals surface area contributed by atoms with Crippen LogP contribution in [0.25, 0.3) is 0 Å². The summed E-state index contributed by atoms with van der Waals surface area (Å²) in [5.74, 6) is 0. The van der Waals surface area contributed by atoms with Crippen molar-refractivity contribution in [3.05, 3.63) is 11.8 Å². The zero-order valence-electron chi connectivity index (χ0n) is 4.20. The minimum Gasteiger partial charge on any atom is -0.104 e. The monoisotopic (exact) mass is 338 g/mol. The number of hydrogen-bond acceptors (Lipinski definition) is 0. The molecule has 0 radical (unpaired) electrons. The predicted octanol–water partition coefficient (Wildman–Crippen LogP) is 2.58. The van der Waals surface area contributed by atoms with Gasteiger partial charge in [-0.15, -0.1) is 43.6 Å². The molecule has 0 aliphatic heterocycles. The molecule has 0 nitrogen and oxygen atoms in total. The Bertz CT molecular complexity index is 60.7. The summed E-state index contributed by atoms with van der Waals surface area (Å²) in [5.41, 5.74) is 2.33. The van der Waals surface area contributed by atoms with Crippen molar-refractivity contribution < 1.29 is 0 Å². The molecule has 7 heavy (non-hydrogen) atoms. The molecule has 0 N–H and O–H groups in total. The Kier molecular flexibility index (Phi) is 6.68. The van der Waals surface area contributed by atoms with Gasteiger partial charge in [-0.3, -0.25) is 0 Å². The summed E-state index contributed by atoms with van der Waals surface area (Å²) < 4.78 is -0.429. The van der Waals surface area contributed by atoms with Gasteiger partial charge in [0.15, 0.2) is 3.79 Å². The zero-order valence-corrected chi connectivity index (χ0v) is 9.66. The third-order valence-electron chi connectivity index (χ3n) is 0.517. The number of halogens is 2. The van der Waals surface area contributed by atoms with Gasteiger partial charge in [0.05, 0.1) is 0 Å². The SMILES string of the molecule is CCC=C[SiH](I)I. The lowest BCUT2D eigenvalue weighted by Gasteiger charge is -1.82. The van der Waals surface area contributed by atoms with Crippen LogP contribution < -0.4 is 0 Å². The molecule has 0 heterocycles. The standard InChI is InChI=1S/C4H8I2Si/c1-2-3-4-7(5)6/h3-4,7H,2H2,1H3. The van der Waals surface area contributed by atoms with Gasteiger partial charge >= 0.3 is 0 Å². The van der Waals surface area contributed by atoms with Crippen LogP contribution in [0, 0.1) is 0 Å². The summed E-state index contributed by atoms with van der Waals surface area (Å²) in [6.07, 6.45) is 3.44. The van der Waals surface area contributed by atoms with E-state index in [1.54, 1.807) is 0 Å². The molecule has 0 rings (SSSR count). The first-order chi connectivity index (χ1) is 3.27. The molecule has 0 saturated heterocycles. The normalized spacial score (nSPS) is 11.4.